The molecule has 2 aromatic rings. The Morgan fingerprint density at radius 3 is 2.84 bits per heavy atom. The summed E-state index contributed by atoms with van der Waals surface area (Å²) in [5.74, 6) is 1.06. The van der Waals surface area contributed by atoms with E-state index in [1.807, 2.05) is 19.9 Å². The fourth-order valence-corrected chi connectivity index (χ4v) is 3.85. The third-order valence-corrected chi connectivity index (χ3v) is 5.44. The molecule has 0 aromatic carbocycles. The summed E-state index contributed by atoms with van der Waals surface area (Å²) in [7, 11) is 0. The Hall–Kier alpha value is -2.06. The Balaban J connectivity index is 1.70. The van der Waals surface area contributed by atoms with E-state index in [0.29, 0.717) is 12.5 Å². The van der Waals surface area contributed by atoms with Gasteiger partial charge in [0.25, 0.3) is 0 Å². The summed E-state index contributed by atoms with van der Waals surface area (Å²) in [4.78, 5) is 27.7. The molecule has 3 rings (SSSR count). The van der Waals surface area contributed by atoms with Crippen LogP contribution in [0, 0.1) is 20.8 Å². The minimum atomic E-state index is -0.748. The molecule has 0 saturated carbocycles. The molecule has 0 radical (unpaired) electrons. The molecule has 25 heavy (non-hydrogen) atoms. The highest BCUT2D eigenvalue weighted by Gasteiger charge is 2.25. The fourth-order valence-electron chi connectivity index (χ4n) is 3.03. The van der Waals surface area contributed by atoms with Crippen molar-refractivity contribution in [1.29, 1.82) is 0 Å². The van der Waals surface area contributed by atoms with Crippen molar-refractivity contribution >= 4 is 28.3 Å². The van der Waals surface area contributed by atoms with E-state index in [0.717, 1.165) is 47.7 Å². The molecule has 134 valence electrons. The molecule has 2 N–H and O–H groups in total. The van der Waals surface area contributed by atoms with E-state index in [2.05, 4.69) is 32.1 Å². The maximum Gasteiger partial charge on any atom is 0.304 e. The second-order valence-corrected chi connectivity index (χ2v) is 7.64. The highest BCUT2D eigenvalue weighted by Crippen LogP contribution is 2.29. The van der Waals surface area contributed by atoms with Crippen molar-refractivity contribution in [3.05, 3.63) is 28.2 Å². The van der Waals surface area contributed by atoms with Crippen LogP contribution in [-0.4, -0.2) is 50.6 Å². The highest BCUT2D eigenvalue weighted by molar-refractivity contribution is 7.15. The van der Waals surface area contributed by atoms with Crippen LogP contribution in [-0.2, 0) is 4.79 Å². The van der Waals surface area contributed by atoms with Crippen molar-refractivity contribution in [3.8, 4) is 0 Å². The predicted molar refractivity (Wildman–Crippen MR) is 97.7 cm³/mol. The Morgan fingerprint density at radius 2 is 2.16 bits per heavy atom. The molecule has 1 atom stereocenters. The molecular weight excluding hydrogens is 338 g/mol. The topological polar surface area (TPSA) is 91.2 Å². The van der Waals surface area contributed by atoms with E-state index in [-0.39, 0.29) is 6.42 Å². The van der Waals surface area contributed by atoms with Crippen molar-refractivity contribution < 1.29 is 9.90 Å². The number of aromatic nitrogens is 3. The van der Waals surface area contributed by atoms with Gasteiger partial charge in [0.15, 0.2) is 5.13 Å². The molecular formula is C17H23N5O2S. The van der Waals surface area contributed by atoms with Crippen LogP contribution in [0.4, 0.5) is 10.9 Å². The minimum absolute atomic E-state index is 0.186. The van der Waals surface area contributed by atoms with Gasteiger partial charge >= 0.3 is 5.97 Å². The lowest BCUT2D eigenvalue weighted by Gasteiger charge is -2.15. The maximum atomic E-state index is 10.7. The molecule has 2 aromatic heterocycles. The van der Waals surface area contributed by atoms with Gasteiger partial charge in [0.1, 0.15) is 11.6 Å². The van der Waals surface area contributed by atoms with Gasteiger partial charge in [-0.2, -0.15) is 0 Å². The van der Waals surface area contributed by atoms with Gasteiger partial charge in [0.05, 0.1) is 17.8 Å². The Morgan fingerprint density at radius 1 is 1.36 bits per heavy atom. The number of thiazole rings is 1. The first-order chi connectivity index (χ1) is 11.9. The van der Waals surface area contributed by atoms with Crippen LogP contribution in [0.1, 0.15) is 40.8 Å². The molecule has 0 aliphatic carbocycles. The van der Waals surface area contributed by atoms with Gasteiger partial charge < -0.3 is 15.3 Å². The van der Waals surface area contributed by atoms with Gasteiger partial charge in [-0.1, -0.05) is 0 Å². The van der Waals surface area contributed by atoms with Crippen molar-refractivity contribution in [1.82, 2.24) is 19.9 Å². The average Bonchev–Trinajstić information content (AvgIpc) is 3.12. The molecule has 7 nitrogen and oxygen atoms in total. The van der Waals surface area contributed by atoms with Crippen LogP contribution < -0.4 is 5.32 Å². The lowest BCUT2D eigenvalue weighted by Crippen LogP contribution is -2.23. The highest BCUT2D eigenvalue weighted by atomic mass is 32.1. The first kappa shape index (κ1) is 17.8. The molecule has 1 aliphatic rings. The average molecular weight is 361 g/mol. The number of hydrogen-bond donors (Lipinski definition) is 2. The van der Waals surface area contributed by atoms with Crippen LogP contribution in [0.5, 0.6) is 0 Å². The predicted octanol–water partition coefficient (Wildman–Crippen LogP) is 2.87. The number of aliphatic carboxylic acids is 1. The summed E-state index contributed by atoms with van der Waals surface area (Å²) in [6.45, 7) is 8.30. The van der Waals surface area contributed by atoms with Gasteiger partial charge in [-0.05, 0) is 33.7 Å². The second kappa shape index (κ2) is 7.45. The standard InChI is InChI=1S/C17H23N5O2S/c1-10-11(2)25-17(18-10)21-15-8-14(19-12(3)20-15)13-4-6-22(9-13)7-5-16(23)24/h8,13H,4-7,9H2,1-3H3,(H,23,24)(H,18,19,20,21)/t13-/m0/s1. The van der Waals surface area contributed by atoms with E-state index in [1.54, 1.807) is 11.3 Å². The zero-order valence-electron chi connectivity index (χ0n) is 14.7. The smallest absolute Gasteiger partial charge is 0.304 e. The third-order valence-electron chi connectivity index (χ3n) is 4.45. The first-order valence-corrected chi connectivity index (χ1v) is 9.23. The molecule has 0 spiro atoms. The fraction of sp³-hybridized carbons (Fsp3) is 0.529. The zero-order chi connectivity index (χ0) is 18.0. The molecule has 0 unspecified atom stereocenters. The van der Waals surface area contributed by atoms with Crippen molar-refractivity contribution in [2.24, 2.45) is 0 Å². The number of nitrogens with zero attached hydrogens (tertiary/aromatic N) is 4. The first-order valence-electron chi connectivity index (χ1n) is 8.41. The molecule has 8 heteroatoms. The quantitative estimate of drug-likeness (QED) is 0.817. The number of hydrogen-bond acceptors (Lipinski definition) is 7. The zero-order valence-corrected chi connectivity index (χ0v) is 15.6. The van der Waals surface area contributed by atoms with Gasteiger partial charge in [0, 0.05) is 30.0 Å². The number of anilines is 2. The molecule has 1 saturated heterocycles. The van der Waals surface area contributed by atoms with Crippen molar-refractivity contribution in [3.63, 3.8) is 0 Å². The summed E-state index contributed by atoms with van der Waals surface area (Å²) < 4.78 is 0. The van der Waals surface area contributed by atoms with Crippen molar-refractivity contribution in [2.75, 3.05) is 25.0 Å². The van der Waals surface area contributed by atoms with Gasteiger partial charge in [0.2, 0.25) is 0 Å². The Bertz CT molecular complexity index is 757. The summed E-state index contributed by atoms with van der Waals surface area (Å²) in [6.07, 6.45) is 1.18. The van der Waals surface area contributed by atoms with E-state index < -0.39 is 5.97 Å². The summed E-state index contributed by atoms with van der Waals surface area (Å²) >= 11 is 1.62. The van der Waals surface area contributed by atoms with Crippen LogP contribution in [0.3, 0.4) is 0 Å². The van der Waals surface area contributed by atoms with Crippen LogP contribution in [0.25, 0.3) is 0 Å². The number of rotatable bonds is 6. The monoisotopic (exact) mass is 361 g/mol. The molecule has 0 amide bonds. The number of likely N-dealkylation sites (tertiary alicyclic amines) is 1. The SMILES string of the molecule is Cc1nc(Nc2nc(C)c(C)s2)cc([C@H]2CCN(CCC(=O)O)C2)n1. The second-order valence-electron chi connectivity index (χ2n) is 6.44. The normalized spacial score (nSPS) is 17.8. The Kier molecular flexibility index (Phi) is 5.29. The molecule has 3 heterocycles. The van der Waals surface area contributed by atoms with Crippen molar-refractivity contribution in [2.45, 2.75) is 39.5 Å². The van der Waals surface area contributed by atoms with Crippen LogP contribution >= 0.6 is 11.3 Å². The van der Waals surface area contributed by atoms with Gasteiger partial charge in [-0.3, -0.25) is 4.79 Å². The van der Waals surface area contributed by atoms with Gasteiger partial charge in [-0.25, -0.2) is 15.0 Å². The lowest BCUT2D eigenvalue weighted by molar-refractivity contribution is -0.137. The third kappa shape index (κ3) is 4.52. The lowest BCUT2D eigenvalue weighted by atomic mass is 10.0. The van der Waals surface area contributed by atoms with E-state index in [9.17, 15) is 4.79 Å². The minimum Gasteiger partial charge on any atom is -0.481 e. The summed E-state index contributed by atoms with van der Waals surface area (Å²) in [5, 5.41) is 13.0. The Labute approximate surface area is 151 Å². The number of carboxylic acids is 1. The van der Waals surface area contributed by atoms with E-state index >= 15 is 0 Å². The summed E-state index contributed by atoms with van der Waals surface area (Å²) in [5.41, 5.74) is 2.04. The molecule has 1 fully saturated rings. The van der Waals surface area contributed by atoms with E-state index in [4.69, 9.17) is 5.11 Å². The number of nitrogens with one attached hydrogen (secondary N) is 1. The van der Waals surface area contributed by atoms with E-state index in [1.165, 1.54) is 4.88 Å². The number of aryl methyl sites for hydroxylation is 3. The summed E-state index contributed by atoms with van der Waals surface area (Å²) in [6, 6.07) is 1.99. The van der Waals surface area contributed by atoms with Gasteiger partial charge in [-0.15, -0.1) is 11.3 Å². The maximum absolute atomic E-state index is 10.7. The van der Waals surface area contributed by atoms with Crippen LogP contribution in [0.2, 0.25) is 0 Å². The molecule has 1 aliphatic heterocycles. The largest absolute Gasteiger partial charge is 0.481 e. The van der Waals surface area contributed by atoms with Crippen LogP contribution in [0.15, 0.2) is 6.07 Å². The molecule has 0 bridgehead atoms. The number of carboxylic acid groups (broad SMARTS) is 1. The number of carbonyl (C=O) groups is 1.